The molecule has 2 aromatic carbocycles. The van der Waals surface area contributed by atoms with Crippen molar-refractivity contribution in [3.8, 4) is 0 Å². The molecule has 1 atom stereocenters. The van der Waals surface area contributed by atoms with Gasteiger partial charge in [0, 0.05) is 17.3 Å². The molecule has 1 heterocycles. The van der Waals surface area contributed by atoms with E-state index < -0.39 is 6.17 Å². The fraction of sp³-hybridized carbons (Fsp3) is 0.0952. The number of benzene rings is 2. The van der Waals surface area contributed by atoms with Crippen LogP contribution < -0.4 is 10.6 Å². The summed E-state index contributed by atoms with van der Waals surface area (Å²) in [5, 5.41) is 5.76. The van der Waals surface area contributed by atoms with Crippen LogP contribution in [0.3, 0.4) is 0 Å². The highest BCUT2D eigenvalue weighted by Crippen LogP contribution is 2.10. The highest BCUT2D eigenvalue weighted by Gasteiger charge is 2.23. The molecule has 1 aromatic heterocycles. The zero-order chi connectivity index (χ0) is 18.4. The minimum atomic E-state index is -0.930. The monoisotopic (exact) mass is 345 g/mol. The van der Waals surface area contributed by atoms with E-state index in [0.717, 1.165) is 5.56 Å². The molecule has 2 N–H and O–H groups in total. The maximum absolute atomic E-state index is 12.9. The predicted molar refractivity (Wildman–Crippen MR) is 101 cm³/mol. The van der Waals surface area contributed by atoms with Crippen LogP contribution in [0.4, 0.5) is 5.82 Å². The van der Waals surface area contributed by atoms with Crippen molar-refractivity contribution in [2.75, 3.05) is 5.32 Å². The van der Waals surface area contributed by atoms with Crippen molar-refractivity contribution in [3.05, 3.63) is 95.7 Å². The number of anilines is 1. The molecular formula is C21H19N3O2. The van der Waals surface area contributed by atoms with Gasteiger partial charge in [0.05, 0.1) is 0 Å². The smallest absolute Gasteiger partial charge is 0.253 e. The highest BCUT2D eigenvalue weighted by molar-refractivity contribution is 6.05. The molecule has 5 heteroatoms. The number of hydrogen-bond acceptors (Lipinski definition) is 4. The van der Waals surface area contributed by atoms with Gasteiger partial charge in [-0.3, -0.25) is 9.59 Å². The van der Waals surface area contributed by atoms with Crippen LogP contribution in [0.25, 0.3) is 0 Å². The summed E-state index contributed by atoms with van der Waals surface area (Å²) in [5.74, 6) is -0.0644. The van der Waals surface area contributed by atoms with Gasteiger partial charge in [-0.25, -0.2) is 4.98 Å². The third kappa shape index (κ3) is 4.33. The summed E-state index contributed by atoms with van der Waals surface area (Å²) in [6.07, 6.45) is 0.690. The van der Waals surface area contributed by atoms with E-state index >= 15 is 0 Å². The number of Topliss-reactive ketones (excluding diaryl/α,β-unsaturated/α-hetero) is 1. The standard InChI is InChI=1S/C21H19N3O2/c1-15-10-12-17(13-11-15)21(26)24-20(23-18-9-5-6-14-22-18)19(25)16-7-3-2-4-8-16/h2-14,20H,1H3,(H,22,23)(H,24,26)/t20-/m0/s1. The number of nitrogens with one attached hydrogen (secondary N) is 2. The Morgan fingerprint density at radius 3 is 2.19 bits per heavy atom. The van der Waals surface area contributed by atoms with Crippen LogP contribution in [0.1, 0.15) is 26.3 Å². The van der Waals surface area contributed by atoms with E-state index in [9.17, 15) is 9.59 Å². The average Bonchev–Trinajstić information content (AvgIpc) is 2.69. The molecule has 1 amide bonds. The van der Waals surface area contributed by atoms with Crippen molar-refractivity contribution < 1.29 is 9.59 Å². The van der Waals surface area contributed by atoms with Crippen LogP contribution in [0.2, 0.25) is 0 Å². The second-order valence-electron chi connectivity index (χ2n) is 5.86. The number of carbonyl (C=O) groups excluding carboxylic acids is 2. The lowest BCUT2D eigenvalue weighted by Gasteiger charge is -2.20. The second-order valence-corrected chi connectivity index (χ2v) is 5.86. The van der Waals surface area contributed by atoms with E-state index in [-0.39, 0.29) is 11.7 Å². The van der Waals surface area contributed by atoms with E-state index in [1.165, 1.54) is 0 Å². The number of carbonyl (C=O) groups is 2. The number of aryl methyl sites for hydroxylation is 1. The third-order valence-electron chi connectivity index (χ3n) is 3.87. The third-order valence-corrected chi connectivity index (χ3v) is 3.87. The average molecular weight is 345 g/mol. The molecule has 0 bridgehead atoms. The fourth-order valence-corrected chi connectivity index (χ4v) is 2.45. The molecular weight excluding hydrogens is 326 g/mol. The van der Waals surface area contributed by atoms with Gasteiger partial charge in [0.2, 0.25) is 5.78 Å². The zero-order valence-corrected chi connectivity index (χ0v) is 14.3. The second kappa shape index (κ2) is 8.07. The molecule has 26 heavy (non-hydrogen) atoms. The normalized spacial score (nSPS) is 11.4. The van der Waals surface area contributed by atoms with E-state index in [1.54, 1.807) is 60.8 Å². The quantitative estimate of drug-likeness (QED) is 0.530. The van der Waals surface area contributed by atoms with Crippen molar-refractivity contribution >= 4 is 17.5 Å². The Kier molecular flexibility index (Phi) is 5.39. The summed E-state index contributed by atoms with van der Waals surface area (Å²) in [7, 11) is 0. The van der Waals surface area contributed by atoms with Crippen LogP contribution >= 0.6 is 0 Å². The van der Waals surface area contributed by atoms with Gasteiger partial charge in [-0.15, -0.1) is 0 Å². The van der Waals surface area contributed by atoms with Crippen molar-refractivity contribution in [2.45, 2.75) is 13.1 Å². The van der Waals surface area contributed by atoms with Crippen molar-refractivity contribution in [1.82, 2.24) is 10.3 Å². The van der Waals surface area contributed by atoms with E-state index in [2.05, 4.69) is 15.6 Å². The van der Waals surface area contributed by atoms with Crippen LogP contribution in [-0.4, -0.2) is 22.8 Å². The van der Waals surface area contributed by atoms with Gasteiger partial charge >= 0.3 is 0 Å². The van der Waals surface area contributed by atoms with Gasteiger partial charge < -0.3 is 10.6 Å². The van der Waals surface area contributed by atoms with Crippen LogP contribution in [-0.2, 0) is 0 Å². The molecule has 0 spiro atoms. The highest BCUT2D eigenvalue weighted by atomic mass is 16.2. The maximum Gasteiger partial charge on any atom is 0.253 e. The summed E-state index contributed by atoms with van der Waals surface area (Å²) in [6.45, 7) is 1.95. The van der Waals surface area contributed by atoms with E-state index in [4.69, 9.17) is 0 Å². The first-order chi connectivity index (χ1) is 12.6. The van der Waals surface area contributed by atoms with Crippen molar-refractivity contribution in [1.29, 1.82) is 0 Å². The number of ketones is 1. The van der Waals surface area contributed by atoms with Crippen LogP contribution in [0.15, 0.2) is 79.0 Å². The first-order valence-electron chi connectivity index (χ1n) is 8.28. The van der Waals surface area contributed by atoms with Gasteiger partial charge in [0.15, 0.2) is 6.17 Å². The summed E-state index contributed by atoms with van der Waals surface area (Å²) in [6, 6.07) is 21.3. The molecule has 0 aliphatic rings. The summed E-state index contributed by atoms with van der Waals surface area (Å²) in [4.78, 5) is 29.6. The van der Waals surface area contributed by atoms with Crippen molar-refractivity contribution in [3.63, 3.8) is 0 Å². The largest absolute Gasteiger partial charge is 0.344 e. The predicted octanol–water partition coefficient (Wildman–Crippen LogP) is 3.44. The lowest BCUT2D eigenvalue weighted by atomic mass is 10.1. The van der Waals surface area contributed by atoms with Crippen LogP contribution in [0, 0.1) is 6.92 Å². The molecule has 5 nitrogen and oxygen atoms in total. The molecule has 3 rings (SSSR count). The maximum atomic E-state index is 12.9. The Bertz CT molecular complexity index is 878. The lowest BCUT2D eigenvalue weighted by Crippen LogP contribution is -2.46. The minimum absolute atomic E-state index is 0.239. The Morgan fingerprint density at radius 2 is 1.54 bits per heavy atom. The minimum Gasteiger partial charge on any atom is -0.344 e. The Hall–Kier alpha value is -3.47. The molecule has 0 unspecified atom stereocenters. The molecule has 0 fully saturated rings. The number of pyridine rings is 1. The summed E-state index contributed by atoms with van der Waals surface area (Å²) in [5.41, 5.74) is 2.06. The van der Waals surface area contributed by atoms with Gasteiger partial charge in [-0.05, 0) is 31.2 Å². The topological polar surface area (TPSA) is 71.1 Å². The lowest BCUT2D eigenvalue weighted by molar-refractivity contribution is 0.0869. The van der Waals surface area contributed by atoms with Crippen LogP contribution in [0.5, 0.6) is 0 Å². The Labute approximate surface area is 152 Å². The number of aromatic nitrogens is 1. The molecule has 0 aliphatic heterocycles. The SMILES string of the molecule is Cc1ccc(C(=O)N[C@H](Nc2ccccn2)C(=O)c2ccccc2)cc1. The molecule has 0 saturated heterocycles. The fourth-order valence-electron chi connectivity index (χ4n) is 2.45. The van der Waals surface area contributed by atoms with Gasteiger partial charge in [0.1, 0.15) is 5.82 Å². The first kappa shape index (κ1) is 17.4. The van der Waals surface area contributed by atoms with E-state index in [1.807, 2.05) is 25.1 Å². The number of nitrogens with zero attached hydrogens (tertiary/aromatic N) is 1. The molecule has 3 aromatic rings. The number of amides is 1. The molecule has 130 valence electrons. The molecule has 0 saturated carbocycles. The number of hydrogen-bond donors (Lipinski definition) is 2. The molecule has 0 aliphatic carbocycles. The Morgan fingerprint density at radius 1 is 0.846 bits per heavy atom. The summed E-state index contributed by atoms with van der Waals surface area (Å²) >= 11 is 0. The number of rotatable bonds is 6. The summed E-state index contributed by atoms with van der Waals surface area (Å²) < 4.78 is 0. The van der Waals surface area contributed by atoms with Crippen molar-refractivity contribution in [2.24, 2.45) is 0 Å². The Balaban J connectivity index is 1.83. The van der Waals surface area contributed by atoms with E-state index in [0.29, 0.717) is 16.9 Å². The van der Waals surface area contributed by atoms with Gasteiger partial charge in [-0.2, -0.15) is 0 Å². The van der Waals surface area contributed by atoms with Gasteiger partial charge in [-0.1, -0.05) is 54.1 Å². The van der Waals surface area contributed by atoms with Gasteiger partial charge in [0.25, 0.3) is 5.91 Å². The first-order valence-corrected chi connectivity index (χ1v) is 8.28. The molecule has 0 radical (unpaired) electrons. The zero-order valence-electron chi connectivity index (χ0n) is 14.3.